The third kappa shape index (κ3) is 21.7. The summed E-state index contributed by atoms with van der Waals surface area (Å²) in [6, 6.07) is 141. The molecule has 19 aromatic carbocycles. The molecular weight excluding hydrogens is 1790 g/mol. The van der Waals surface area contributed by atoms with Crippen molar-refractivity contribution in [2.75, 3.05) is 0 Å². The Morgan fingerprint density at radius 2 is 0.436 bits per heavy atom. The summed E-state index contributed by atoms with van der Waals surface area (Å²) in [5.74, 6) is 0. The van der Waals surface area contributed by atoms with Crippen LogP contribution in [0.2, 0.25) is 15.1 Å². The summed E-state index contributed by atoms with van der Waals surface area (Å²) in [7, 11) is -1.41. The molecule has 0 spiro atoms. The van der Waals surface area contributed by atoms with E-state index in [-0.39, 0.29) is 0 Å². The maximum atomic E-state index is 8.63. The number of hydrogen-bond acceptors (Lipinski definition) is 10. The first-order valence-electron chi connectivity index (χ1n) is 47.3. The predicted octanol–water partition coefficient (Wildman–Crippen LogP) is 37.9. The van der Waals surface area contributed by atoms with Gasteiger partial charge in [0.2, 0.25) is 0 Å². The molecule has 0 unspecified atom stereocenters. The molecule has 0 amide bonds. The molecule has 8 aromatic heterocycles. The molecule has 27 aromatic rings. The Hall–Kier alpha value is -15.6. The van der Waals surface area contributed by atoms with Crippen LogP contribution in [0.3, 0.4) is 0 Å². The van der Waals surface area contributed by atoms with E-state index in [2.05, 4.69) is 213 Å². The zero-order chi connectivity index (χ0) is 97.0. The Balaban J connectivity index is 0.000000109. The molecule has 0 aliphatic heterocycles. The minimum absolute atomic E-state index is 0.449. The van der Waals surface area contributed by atoms with Crippen LogP contribution in [-0.2, 0) is 12.8 Å². The molecule has 0 atom stereocenters. The van der Waals surface area contributed by atoms with Crippen LogP contribution in [0.5, 0.6) is 0 Å². The van der Waals surface area contributed by atoms with E-state index in [0.29, 0.717) is 10.5 Å². The number of halogens is 3. The van der Waals surface area contributed by atoms with Gasteiger partial charge in [0.1, 0.15) is 89.3 Å². The van der Waals surface area contributed by atoms with E-state index in [1.165, 1.54) is 111 Å². The van der Waals surface area contributed by atoms with Gasteiger partial charge in [-0.05, 0) is 180 Å². The first-order valence-corrected chi connectivity index (χ1v) is 48.4. The largest absolute Gasteiger partial charge is 0.488 e. The standard InChI is InChI=1S/C20H15ClO.C18H11ClO.C15H14O.C13H10O.4C12H8O.C6H6BClO2.2C3H8/c1-2-13-9-12-16(14-7-10-15(21)11-8-14)19-17-5-3-4-6-18(17)22-20(13)19;19-13-10-8-12(9-11-13)14-5-3-6-16-15-4-1-2-7-17(15)20-18(14)16;1-3-11-9-8-10(2)14-12-6-4-5-7-13(12)16-15(11)14;1-9-5-4-7-11-10-6-2-3-8-12(10)14-13(9)11;4*1-3-7-11-9(5-1)10-6-2-4-8-12(10)13-11;8-6-3-1-5(2-4-6)7(9)10;2*1-3-2/h3-12H,2H2,1H3;1-11H;4-9H,3H2,1-2H3;2-8H,1H3;4*1-8H;1-4,9-10H;2*3H2,1-2H3. The smallest absolute Gasteiger partial charge is 0.456 e. The fourth-order valence-corrected chi connectivity index (χ4v) is 17.6. The molecule has 27 rings (SSSR count). The lowest BCUT2D eigenvalue weighted by Gasteiger charge is -2.07. The van der Waals surface area contributed by atoms with Crippen LogP contribution in [0.4, 0.5) is 0 Å². The zero-order valence-corrected chi connectivity index (χ0v) is 81.4. The lowest BCUT2D eigenvalue weighted by atomic mass is 9.81. The molecule has 10 nitrogen and oxygen atoms in total. The van der Waals surface area contributed by atoms with Gasteiger partial charge in [0.05, 0.1) is 0 Å². The first-order chi connectivity index (χ1) is 68.6. The molecule has 14 heteroatoms. The molecule has 8 heterocycles. The molecule has 0 aliphatic carbocycles. The van der Waals surface area contributed by atoms with Crippen molar-refractivity contribution in [3.05, 3.63) is 462 Å². The summed E-state index contributed by atoms with van der Waals surface area (Å²) in [4.78, 5) is 0. The highest BCUT2D eigenvalue weighted by Gasteiger charge is 2.19. The number of rotatable bonds is 5. The maximum Gasteiger partial charge on any atom is 0.488 e. The second kappa shape index (κ2) is 45.6. The summed E-state index contributed by atoms with van der Waals surface area (Å²) >= 11 is 17.5. The molecule has 0 radical (unpaired) electrons. The number of benzene rings is 19. The average Bonchev–Trinajstić information content (AvgIpc) is 1.60. The van der Waals surface area contributed by atoms with Gasteiger partial charge in [-0.2, -0.15) is 0 Å². The summed E-state index contributed by atoms with van der Waals surface area (Å²) in [5, 5.41) is 38.4. The Labute approximate surface area is 827 Å². The van der Waals surface area contributed by atoms with Crippen LogP contribution in [0, 0.1) is 13.8 Å². The zero-order valence-electron chi connectivity index (χ0n) is 79.1. The van der Waals surface area contributed by atoms with Crippen LogP contribution >= 0.6 is 34.8 Å². The van der Waals surface area contributed by atoms with Crippen molar-refractivity contribution >= 4 is 223 Å². The number of hydrogen-bond donors (Lipinski definition) is 2. The Kier molecular flexibility index (Phi) is 31.3. The van der Waals surface area contributed by atoms with Gasteiger partial charge in [-0.3, -0.25) is 0 Å². The fraction of sp³-hybridized carbons (Fsp3) is 0.0952. The molecule has 0 fully saturated rings. The molecule has 0 bridgehead atoms. The van der Waals surface area contributed by atoms with E-state index in [9.17, 15) is 0 Å². The van der Waals surface area contributed by atoms with Crippen molar-refractivity contribution in [1.82, 2.24) is 0 Å². The van der Waals surface area contributed by atoms with Gasteiger partial charge in [0.25, 0.3) is 0 Å². The molecule has 692 valence electrons. The van der Waals surface area contributed by atoms with Gasteiger partial charge in [-0.25, -0.2) is 0 Å². The van der Waals surface area contributed by atoms with Gasteiger partial charge in [0.15, 0.2) is 0 Å². The predicted molar refractivity (Wildman–Crippen MR) is 592 cm³/mol. The highest BCUT2D eigenvalue weighted by Crippen LogP contribution is 2.42. The average molecular weight is 1900 g/mol. The minimum atomic E-state index is -1.41. The van der Waals surface area contributed by atoms with Gasteiger partial charge in [0, 0.05) is 107 Å². The fourth-order valence-electron chi connectivity index (χ4n) is 17.2. The van der Waals surface area contributed by atoms with Crippen LogP contribution in [0.15, 0.2) is 460 Å². The van der Waals surface area contributed by atoms with E-state index >= 15 is 0 Å². The summed E-state index contributed by atoms with van der Waals surface area (Å²) in [5.41, 5.74) is 25.5. The highest BCUT2D eigenvalue weighted by molar-refractivity contribution is 6.58. The van der Waals surface area contributed by atoms with E-state index in [1.54, 1.807) is 24.3 Å². The van der Waals surface area contributed by atoms with Crippen molar-refractivity contribution in [1.29, 1.82) is 0 Å². The normalized spacial score (nSPS) is 10.9. The third-order valence-corrected chi connectivity index (χ3v) is 24.6. The lowest BCUT2D eigenvalue weighted by molar-refractivity contribution is 0.425. The lowest BCUT2D eigenvalue weighted by Crippen LogP contribution is -2.29. The quantitative estimate of drug-likeness (QED) is 0.160. The third-order valence-electron chi connectivity index (χ3n) is 23.8. The van der Waals surface area contributed by atoms with E-state index in [0.717, 1.165) is 145 Å². The second-order valence-electron chi connectivity index (χ2n) is 33.7. The Bertz CT molecular complexity index is 8210. The van der Waals surface area contributed by atoms with Gasteiger partial charge in [-0.15, -0.1) is 0 Å². The monoisotopic (exact) mass is 1890 g/mol. The first kappa shape index (κ1) is 96.1. The molecule has 2 N–H and O–H groups in total. The van der Waals surface area contributed by atoms with E-state index in [1.807, 2.05) is 243 Å². The Morgan fingerprint density at radius 3 is 0.764 bits per heavy atom. The van der Waals surface area contributed by atoms with Crippen molar-refractivity contribution in [3.8, 4) is 22.3 Å². The van der Waals surface area contributed by atoms with E-state index in [4.69, 9.17) is 80.2 Å². The topological polar surface area (TPSA) is 146 Å². The van der Waals surface area contributed by atoms with E-state index < -0.39 is 7.12 Å². The minimum Gasteiger partial charge on any atom is -0.456 e. The van der Waals surface area contributed by atoms with Gasteiger partial charge < -0.3 is 45.4 Å². The van der Waals surface area contributed by atoms with Crippen LogP contribution in [-0.4, -0.2) is 17.2 Å². The van der Waals surface area contributed by atoms with Crippen LogP contribution < -0.4 is 5.46 Å². The summed E-state index contributed by atoms with van der Waals surface area (Å²) in [6.45, 7) is 17.0. The maximum absolute atomic E-state index is 8.63. The SMILES string of the molecule is CCC.CCC.CCc1ccc(-c2ccc(Cl)cc2)c2c1oc1ccccc12.CCc1ccc(C)c2c1oc1ccccc12.Cc1cccc2c1oc1ccccc12.Clc1ccc(-c2cccc3c2oc2ccccc23)cc1.OB(O)c1ccc(Cl)cc1.c1ccc2c(c1)oc1ccccc12.c1ccc2c(c1)oc1ccccc12.c1ccc2c(c1)oc1ccccc12.c1ccc2c(c1)oc1ccccc12. The number of para-hydroxylation sites is 14. The number of fused-ring (bicyclic) bond motifs is 24. The van der Waals surface area contributed by atoms with Crippen molar-refractivity contribution in [2.24, 2.45) is 0 Å². The van der Waals surface area contributed by atoms with Crippen molar-refractivity contribution < 1.29 is 45.4 Å². The summed E-state index contributed by atoms with van der Waals surface area (Å²) in [6.07, 6.45) is 4.47. The van der Waals surface area contributed by atoms with Crippen LogP contribution in [0.25, 0.3) is 198 Å². The molecule has 140 heavy (non-hydrogen) atoms. The van der Waals surface area contributed by atoms with Crippen molar-refractivity contribution in [2.45, 2.75) is 81.1 Å². The molecule has 0 aliphatic rings. The summed E-state index contributed by atoms with van der Waals surface area (Å²) < 4.78 is 46.5. The van der Waals surface area contributed by atoms with Gasteiger partial charge >= 0.3 is 7.12 Å². The molecule has 0 saturated carbocycles. The highest BCUT2D eigenvalue weighted by atomic mass is 35.5. The molecule has 0 saturated heterocycles. The Morgan fingerprint density at radius 1 is 0.200 bits per heavy atom. The van der Waals surface area contributed by atoms with Gasteiger partial charge in [-0.1, -0.05) is 405 Å². The number of aryl methyl sites for hydroxylation is 4. The van der Waals surface area contributed by atoms with Crippen LogP contribution in [0.1, 0.15) is 76.6 Å². The number of furan rings is 8. The second-order valence-corrected chi connectivity index (χ2v) is 35.0. The molecular formula is C126H104BCl3O10. The van der Waals surface area contributed by atoms with Crippen molar-refractivity contribution in [3.63, 3.8) is 0 Å².